The van der Waals surface area contributed by atoms with Gasteiger partial charge in [0, 0.05) is 33.1 Å². The van der Waals surface area contributed by atoms with Crippen LogP contribution < -0.4 is 0 Å². The lowest BCUT2D eigenvalue weighted by Crippen LogP contribution is -2.43. The molecule has 0 aliphatic carbocycles. The molecule has 1 N–H and O–H groups in total. The van der Waals surface area contributed by atoms with Crippen LogP contribution in [0.2, 0.25) is 6.04 Å². The molecular weight excluding hydrogens is 318 g/mol. The third-order valence-corrected chi connectivity index (χ3v) is 7.18. The van der Waals surface area contributed by atoms with E-state index < -0.39 is 8.80 Å². The lowest BCUT2D eigenvalue weighted by atomic mass is 10.1. The van der Waals surface area contributed by atoms with Gasteiger partial charge in [-0.3, -0.25) is 5.10 Å². The smallest absolute Gasteiger partial charge is 0.377 e. The van der Waals surface area contributed by atoms with Gasteiger partial charge in [-0.1, -0.05) is 29.5 Å². The maximum Gasteiger partial charge on any atom is 0.500 e. The van der Waals surface area contributed by atoms with Gasteiger partial charge in [-0.15, -0.1) is 16.9 Å². The van der Waals surface area contributed by atoms with Crippen LogP contribution in [0, 0.1) is 0 Å². The van der Waals surface area contributed by atoms with Crippen molar-refractivity contribution in [2.24, 2.45) is 0 Å². The van der Waals surface area contributed by atoms with E-state index in [0.717, 1.165) is 23.2 Å². The fourth-order valence-electron chi connectivity index (χ4n) is 2.07. The van der Waals surface area contributed by atoms with Crippen LogP contribution >= 0.6 is 11.8 Å². The molecule has 0 aliphatic rings. The van der Waals surface area contributed by atoms with Crippen LogP contribution in [0.3, 0.4) is 0 Å². The Balaban J connectivity index is 1.86. The molecule has 120 valence electrons. The molecule has 2 aromatic rings. The third-order valence-electron chi connectivity index (χ3n) is 3.46. The van der Waals surface area contributed by atoms with Crippen molar-refractivity contribution in [2.75, 3.05) is 21.3 Å². The number of thioether (sulfide) groups is 1. The third kappa shape index (κ3) is 4.65. The Morgan fingerprint density at radius 1 is 1.05 bits per heavy atom. The summed E-state index contributed by atoms with van der Waals surface area (Å²) < 4.78 is 16.3. The molecule has 2 rings (SSSR count). The zero-order valence-corrected chi connectivity index (χ0v) is 14.9. The summed E-state index contributed by atoms with van der Waals surface area (Å²) in [6.07, 6.45) is 2.60. The second kappa shape index (κ2) is 8.44. The Morgan fingerprint density at radius 3 is 2.23 bits per heavy atom. The van der Waals surface area contributed by atoms with E-state index in [0.29, 0.717) is 0 Å². The highest BCUT2D eigenvalue weighted by atomic mass is 32.2. The summed E-state index contributed by atoms with van der Waals surface area (Å²) in [5.41, 5.74) is 2.51. The van der Waals surface area contributed by atoms with E-state index in [1.54, 1.807) is 39.3 Å². The van der Waals surface area contributed by atoms with Crippen molar-refractivity contribution in [2.45, 2.75) is 23.2 Å². The van der Waals surface area contributed by atoms with E-state index in [1.807, 2.05) is 0 Å². The van der Waals surface area contributed by atoms with Gasteiger partial charge in [-0.2, -0.15) is 0 Å². The minimum absolute atomic E-state index is 0.768. The van der Waals surface area contributed by atoms with Gasteiger partial charge in [-0.25, -0.2) is 0 Å². The highest BCUT2D eigenvalue weighted by Gasteiger charge is 2.37. The number of aromatic nitrogens is 3. The van der Waals surface area contributed by atoms with Crippen LogP contribution in [0.1, 0.15) is 11.1 Å². The lowest BCUT2D eigenvalue weighted by Gasteiger charge is -2.24. The van der Waals surface area contributed by atoms with Crippen LogP contribution in [0.15, 0.2) is 35.5 Å². The highest BCUT2D eigenvalue weighted by molar-refractivity contribution is 7.98. The van der Waals surface area contributed by atoms with Gasteiger partial charge in [0.15, 0.2) is 0 Å². The van der Waals surface area contributed by atoms with E-state index in [9.17, 15) is 0 Å². The molecule has 1 heterocycles. The highest BCUT2D eigenvalue weighted by Crippen LogP contribution is 2.21. The Labute approximate surface area is 135 Å². The number of nitrogens with one attached hydrogen (secondary N) is 1. The first-order valence-corrected chi connectivity index (χ1v) is 9.85. The first-order chi connectivity index (χ1) is 10.7. The van der Waals surface area contributed by atoms with Gasteiger partial charge in [0.2, 0.25) is 0 Å². The minimum Gasteiger partial charge on any atom is -0.377 e. The molecule has 22 heavy (non-hydrogen) atoms. The molecule has 0 saturated heterocycles. The molecule has 0 unspecified atom stereocenters. The Bertz CT molecular complexity index is 539. The molecule has 0 radical (unpaired) electrons. The summed E-state index contributed by atoms with van der Waals surface area (Å²) in [7, 11) is 2.44. The minimum atomic E-state index is -2.49. The van der Waals surface area contributed by atoms with Gasteiger partial charge < -0.3 is 13.3 Å². The Morgan fingerprint density at radius 2 is 1.68 bits per heavy atom. The summed E-state index contributed by atoms with van der Waals surface area (Å²) in [5, 5.41) is 11.3. The molecule has 0 aliphatic heterocycles. The molecule has 0 atom stereocenters. The van der Waals surface area contributed by atoms with Crippen LogP contribution in [-0.2, 0) is 25.5 Å². The Kier molecular flexibility index (Phi) is 6.59. The quantitative estimate of drug-likeness (QED) is 0.559. The molecule has 0 fully saturated rings. The zero-order chi connectivity index (χ0) is 15.8. The summed E-state index contributed by atoms with van der Waals surface area (Å²) >= 11 is 1.68. The van der Waals surface area contributed by atoms with Gasteiger partial charge >= 0.3 is 8.80 Å². The average Bonchev–Trinajstić information content (AvgIpc) is 3.09. The number of aryl methyl sites for hydroxylation is 1. The molecule has 8 heteroatoms. The number of aromatic amines is 1. The van der Waals surface area contributed by atoms with Gasteiger partial charge in [0.25, 0.3) is 0 Å². The first kappa shape index (κ1) is 17.2. The number of benzene rings is 1. The number of nitrogens with zero attached hydrogens (tertiary/aromatic N) is 2. The molecule has 1 aromatic carbocycles. The number of hydrogen-bond acceptors (Lipinski definition) is 6. The maximum absolute atomic E-state index is 5.44. The topological polar surface area (TPSA) is 69.3 Å². The fraction of sp³-hybridized carbons (Fsp3) is 0.429. The largest absolute Gasteiger partial charge is 0.500 e. The maximum atomic E-state index is 5.44. The van der Waals surface area contributed by atoms with Crippen molar-refractivity contribution < 1.29 is 13.3 Å². The van der Waals surface area contributed by atoms with Crippen molar-refractivity contribution in [1.29, 1.82) is 0 Å². The predicted octanol–water partition coefficient (Wildman–Crippen LogP) is 2.52. The van der Waals surface area contributed by atoms with Crippen molar-refractivity contribution in [3.63, 3.8) is 0 Å². The zero-order valence-electron chi connectivity index (χ0n) is 13.0. The molecule has 1 aromatic heterocycles. The van der Waals surface area contributed by atoms with Crippen molar-refractivity contribution in [3.05, 3.63) is 41.6 Å². The SMILES string of the molecule is CO[Si](CCc1ccc(CSc2cnn[nH]2)cc1)(OC)OC. The van der Waals surface area contributed by atoms with E-state index in [1.165, 1.54) is 11.1 Å². The summed E-state index contributed by atoms with van der Waals surface area (Å²) in [5.74, 6) is 0.886. The summed E-state index contributed by atoms with van der Waals surface area (Å²) in [4.78, 5) is 0. The van der Waals surface area contributed by atoms with Crippen molar-refractivity contribution in [3.8, 4) is 0 Å². The Hall–Kier alpha value is -1.19. The molecule has 0 saturated carbocycles. The fourth-order valence-corrected chi connectivity index (χ4v) is 4.52. The molecule has 0 spiro atoms. The van der Waals surface area contributed by atoms with E-state index >= 15 is 0 Å². The first-order valence-electron chi connectivity index (χ1n) is 6.93. The lowest BCUT2D eigenvalue weighted by molar-refractivity contribution is 0.123. The second-order valence-electron chi connectivity index (χ2n) is 4.72. The van der Waals surface area contributed by atoms with Gasteiger partial charge in [0.1, 0.15) is 5.03 Å². The number of hydrogen-bond donors (Lipinski definition) is 1. The van der Waals surface area contributed by atoms with Crippen molar-refractivity contribution in [1.82, 2.24) is 15.4 Å². The van der Waals surface area contributed by atoms with Crippen LogP contribution in [0.5, 0.6) is 0 Å². The summed E-state index contributed by atoms with van der Waals surface area (Å²) in [6, 6.07) is 9.33. The van der Waals surface area contributed by atoms with Gasteiger partial charge in [-0.05, 0) is 17.5 Å². The average molecular weight is 339 g/mol. The van der Waals surface area contributed by atoms with E-state index in [2.05, 4.69) is 39.7 Å². The van der Waals surface area contributed by atoms with E-state index in [4.69, 9.17) is 13.3 Å². The summed E-state index contributed by atoms with van der Waals surface area (Å²) in [6.45, 7) is 0. The van der Waals surface area contributed by atoms with Crippen LogP contribution in [-0.4, -0.2) is 45.5 Å². The van der Waals surface area contributed by atoms with Crippen molar-refractivity contribution >= 4 is 20.6 Å². The standard InChI is InChI=1S/C14H21N3O3SSi/c1-18-22(19-2,20-3)9-8-12-4-6-13(7-5-12)11-21-14-10-15-17-16-14/h4-7,10H,8-9,11H2,1-3H3,(H,15,16,17). The molecular formula is C14H21N3O3SSi. The van der Waals surface area contributed by atoms with E-state index in [-0.39, 0.29) is 0 Å². The molecule has 6 nitrogen and oxygen atoms in total. The normalized spacial score (nSPS) is 11.8. The molecule has 0 amide bonds. The number of rotatable bonds is 9. The van der Waals surface area contributed by atoms with Crippen LogP contribution in [0.4, 0.5) is 0 Å². The van der Waals surface area contributed by atoms with Gasteiger partial charge in [0.05, 0.1) is 6.20 Å². The molecule has 0 bridgehead atoms. The second-order valence-corrected chi connectivity index (χ2v) is 8.83. The monoisotopic (exact) mass is 339 g/mol. The predicted molar refractivity (Wildman–Crippen MR) is 87.7 cm³/mol. The van der Waals surface area contributed by atoms with Crippen LogP contribution in [0.25, 0.3) is 0 Å². The number of H-pyrrole nitrogens is 1.